The van der Waals surface area contributed by atoms with Crippen molar-refractivity contribution in [2.24, 2.45) is 0 Å². The average molecular weight is 569 g/mol. The minimum Gasteiger partial charge on any atom is -0.478 e. The molecule has 0 spiro atoms. The Morgan fingerprint density at radius 3 is 2.17 bits per heavy atom. The van der Waals surface area contributed by atoms with Gasteiger partial charge in [-0.2, -0.15) is 5.10 Å². The summed E-state index contributed by atoms with van der Waals surface area (Å²) < 4.78 is 1.58. The zero-order valence-corrected chi connectivity index (χ0v) is 22.3. The highest BCUT2D eigenvalue weighted by Gasteiger charge is 2.17. The fourth-order valence-electron chi connectivity index (χ4n) is 3.24. The number of hydrogen-bond donors (Lipinski definition) is 1. The van der Waals surface area contributed by atoms with E-state index in [1.165, 1.54) is 6.08 Å². The molecular formula is C26H19Cl5N2O2. The van der Waals surface area contributed by atoms with E-state index in [1.807, 2.05) is 13.8 Å². The van der Waals surface area contributed by atoms with E-state index in [4.69, 9.17) is 58.0 Å². The van der Waals surface area contributed by atoms with Crippen LogP contribution in [0.2, 0.25) is 25.1 Å². The predicted molar refractivity (Wildman–Crippen MR) is 147 cm³/mol. The minimum absolute atomic E-state index is 0.0278. The predicted octanol–water partition coefficient (Wildman–Crippen LogP) is 9.46. The summed E-state index contributed by atoms with van der Waals surface area (Å²) in [5, 5.41) is 16.5. The molecule has 0 fully saturated rings. The zero-order valence-electron chi connectivity index (χ0n) is 18.6. The van der Waals surface area contributed by atoms with Gasteiger partial charge in [-0.05, 0) is 60.2 Å². The third-order valence-electron chi connectivity index (χ3n) is 4.74. The number of aromatic nitrogens is 2. The van der Waals surface area contributed by atoms with E-state index in [0.29, 0.717) is 53.3 Å². The highest BCUT2D eigenvalue weighted by atomic mass is 35.5. The molecule has 0 aliphatic heterocycles. The van der Waals surface area contributed by atoms with Crippen LogP contribution < -0.4 is 0 Å². The average Bonchev–Trinajstić information content (AvgIpc) is 3.25. The first-order chi connectivity index (χ1) is 16.7. The topological polar surface area (TPSA) is 55.1 Å². The van der Waals surface area contributed by atoms with Crippen LogP contribution in [0.25, 0.3) is 28.6 Å². The smallest absolute Gasteiger partial charge is 0.336 e. The number of aliphatic carboxylic acids is 1. The number of carboxylic acid groups (broad SMARTS) is 1. The fourth-order valence-corrected chi connectivity index (χ4v) is 4.09. The first-order valence-electron chi connectivity index (χ1n) is 10.4. The lowest BCUT2D eigenvalue weighted by molar-refractivity contribution is -0.130. The second-order valence-corrected chi connectivity index (χ2v) is 9.06. The quantitative estimate of drug-likeness (QED) is 0.244. The highest BCUT2D eigenvalue weighted by molar-refractivity contribution is 6.42. The first kappa shape index (κ1) is 27.1. The number of benzene rings is 3. The van der Waals surface area contributed by atoms with Gasteiger partial charge in [0, 0.05) is 15.6 Å². The Balaban J connectivity index is 0.00000167. The lowest BCUT2D eigenvalue weighted by Crippen LogP contribution is -2.01. The van der Waals surface area contributed by atoms with Crippen molar-refractivity contribution in [3.63, 3.8) is 0 Å². The lowest BCUT2D eigenvalue weighted by Gasteiger charge is -2.10. The van der Waals surface area contributed by atoms with Gasteiger partial charge in [-0.25, -0.2) is 9.48 Å². The maximum atomic E-state index is 12.0. The molecule has 1 N–H and O–H groups in total. The normalized spacial score (nSPS) is 11.1. The molecule has 0 unspecified atom stereocenters. The van der Waals surface area contributed by atoms with Crippen LogP contribution in [0.4, 0.5) is 0 Å². The number of carboxylic acids is 1. The van der Waals surface area contributed by atoms with Crippen molar-refractivity contribution in [2.75, 3.05) is 0 Å². The van der Waals surface area contributed by atoms with Crippen molar-refractivity contribution in [1.82, 2.24) is 9.78 Å². The number of hydrogen-bond acceptors (Lipinski definition) is 2. The van der Waals surface area contributed by atoms with E-state index in [-0.39, 0.29) is 5.57 Å². The molecule has 0 radical (unpaired) electrons. The van der Waals surface area contributed by atoms with Crippen LogP contribution in [0.1, 0.15) is 25.1 Å². The van der Waals surface area contributed by atoms with Crippen molar-refractivity contribution in [3.05, 3.63) is 103 Å². The summed E-state index contributed by atoms with van der Waals surface area (Å²) in [6.07, 6.45) is 1.46. The molecule has 1 aromatic heterocycles. The molecule has 0 saturated heterocycles. The van der Waals surface area contributed by atoms with Crippen LogP contribution in [0.15, 0.2) is 66.7 Å². The minimum atomic E-state index is -1.12. The zero-order chi connectivity index (χ0) is 25.7. The molecule has 1 heterocycles. The Morgan fingerprint density at radius 1 is 0.829 bits per heavy atom. The molecule has 0 aliphatic carbocycles. The maximum Gasteiger partial charge on any atom is 0.336 e. The van der Waals surface area contributed by atoms with Gasteiger partial charge >= 0.3 is 5.97 Å². The molecule has 0 bridgehead atoms. The SMILES string of the molecule is CC.O=C(O)/C(=C\c1cc(-c2ccc(Cl)c(Cl)c2)n(-c2cc(Cl)ccc2Cl)n1)c1cccc(Cl)c1. The van der Waals surface area contributed by atoms with Crippen LogP contribution >= 0.6 is 58.0 Å². The summed E-state index contributed by atoms with van der Waals surface area (Å²) in [5.74, 6) is -1.12. The summed E-state index contributed by atoms with van der Waals surface area (Å²) >= 11 is 31.0. The molecule has 4 rings (SSSR count). The molecule has 35 heavy (non-hydrogen) atoms. The van der Waals surface area contributed by atoms with Gasteiger partial charge in [0.1, 0.15) is 0 Å². The van der Waals surface area contributed by atoms with Crippen molar-refractivity contribution < 1.29 is 9.90 Å². The summed E-state index contributed by atoms with van der Waals surface area (Å²) in [6, 6.07) is 18.4. The van der Waals surface area contributed by atoms with E-state index >= 15 is 0 Å². The van der Waals surface area contributed by atoms with E-state index in [0.717, 1.165) is 0 Å². The third-order valence-corrected chi connectivity index (χ3v) is 6.27. The second kappa shape index (κ2) is 12.0. The van der Waals surface area contributed by atoms with Crippen molar-refractivity contribution in [1.29, 1.82) is 0 Å². The summed E-state index contributed by atoms with van der Waals surface area (Å²) in [7, 11) is 0. The molecule has 4 aromatic rings. The van der Waals surface area contributed by atoms with Gasteiger partial charge in [0.05, 0.1) is 37.7 Å². The Hall–Kier alpha value is -2.47. The largest absolute Gasteiger partial charge is 0.478 e. The molecule has 0 amide bonds. The van der Waals surface area contributed by atoms with Crippen molar-refractivity contribution in [2.45, 2.75) is 13.8 Å². The van der Waals surface area contributed by atoms with Gasteiger partial charge in [-0.15, -0.1) is 0 Å². The lowest BCUT2D eigenvalue weighted by atomic mass is 10.0. The van der Waals surface area contributed by atoms with E-state index in [9.17, 15) is 9.90 Å². The Morgan fingerprint density at radius 2 is 1.51 bits per heavy atom. The highest BCUT2D eigenvalue weighted by Crippen LogP contribution is 2.34. The van der Waals surface area contributed by atoms with Crippen LogP contribution in [0.5, 0.6) is 0 Å². The first-order valence-corrected chi connectivity index (χ1v) is 12.3. The number of nitrogens with zero attached hydrogens (tertiary/aromatic N) is 2. The number of halogens is 5. The summed E-state index contributed by atoms with van der Waals surface area (Å²) in [5.41, 5.74) is 2.68. The fraction of sp³-hybridized carbons (Fsp3) is 0.0769. The molecule has 9 heteroatoms. The van der Waals surface area contributed by atoms with Crippen LogP contribution in [-0.2, 0) is 4.79 Å². The standard InChI is InChI=1S/C24H13Cl5N2O2.C2H6/c25-15-3-1-2-13(8-15)18(24(32)33)11-17-12-22(14-4-6-19(27)21(29)9-14)31(30-17)23-10-16(26)5-7-20(23)28;1-2/h1-12H,(H,32,33);1-2H3/b18-11-;. The Bertz CT molecular complexity index is 1410. The van der Waals surface area contributed by atoms with Gasteiger partial charge in [0.25, 0.3) is 0 Å². The maximum absolute atomic E-state index is 12.0. The number of carbonyl (C=O) groups is 1. The van der Waals surface area contributed by atoms with Crippen LogP contribution in [-0.4, -0.2) is 20.9 Å². The third kappa shape index (κ3) is 6.40. The molecule has 180 valence electrons. The van der Waals surface area contributed by atoms with Crippen molar-refractivity contribution in [3.8, 4) is 16.9 Å². The van der Waals surface area contributed by atoms with Gasteiger partial charge < -0.3 is 5.11 Å². The molecule has 0 aliphatic rings. The van der Waals surface area contributed by atoms with E-state index in [1.54, 1.807) is 71.4 Å². The van der Waals surface area contributed by atoms with E-state index in [2.05, 4.69) is 5.10 Å². The monoisotopic (exact) mass is 566 g/mol. The second-order valence-electron chi connectivity index (χ2n) is 6.96. The molecule has 4 nitrogen and oxygen atoms in total. The Kier molecular flexibility index (Phi) is 9.28. The van der Waals surface area contributed by atoms with Gasteiger partial charge in [-0.3, -0.25) is 0 Å². The van der Waals surface area contributed by atoms with Gasteiger partial charge in [-0.1, -0.05) is 90.1 Å². The molecule has 0 atom stereocenters. The van der Waals surface area contributed by atoms with Gasteiger partial charge in [0.15, 0.2) is 0 Å². The van der Waals surface area contributed by atoms with Crippen LogP contribution in [0, 0.1) is 0 Å². The molecule has 3 aromatic carbocycles. The summed E-state index contributed by atoms with van der Waals surface area (Å²) in [4.78, 5) is 12.0. The number of rotatable bonds is 5. The Labute approximate surface area is 228 Å². The van der Waals surface area contributed by atoms with Gasteiger partial charge in [0.2, 0.25) is 0 Å². The van der Waals surface area contributed by atoms with E-state index < -0.39 is 5.97 Å². The van der Waals surface area contributed by atoms with Crippen LogP contribution in [0.3, 0.4) is 0 Å². The summed E-state index contributed by atoms with van der Waals surface area (Å²) in [6.45, 7) is 4.00. The van der Waals surface area contributed by atoms with Crippen molar-refractivity contribution >= 4 is 75.6 Å². The molecule has 0 saturated carbocycles. The molecular weight excluding hydrogens is 550 g/mol.